The number of rotatable bonds is 6. The predicted molar refractivity (Wildman–Crippen MR) is 171 cm³/mol. The summed E-state index contributed by atoms with van der Waals surface area (Å²) < 4.78 is 11.2. The molecular formula is C25H34N11O4P. The minimum Gasteiger partial charge on any atom is -0.416 e. The van der Waals surface area contributed by atoms with Crippen molar-refractivity contribution in [1.29, 1.82) is 0 Å². The third kappa shape index (κ3) is 4.67. The van der Waals surface area contributed by atoms with Crippen molar-refractivity contribution in [1.82, 2.24) is 0 Å². The van der Waals surface area contributed by atoms with Crippen LogP contribution in [0.15, 0.2) is 0 Å². The van der Waals surface area contributed by atoms with Gasteiger partial charge in [0.2, 0.25) is 11.5 Å². The van der Waals surface area contributed by atoms with Gasteiger partial charge in [0.05, 0.1) is 62.3 Å². The molecule has 0 atom stereocenters. The summed E-state index contributed by atoms with van der Waals surface area (Å²) in [6.45, 7) is 3.25. The van der Waals surface area contributed by atoms with Crippen LogP contribution in [0.2, 0.25) is 0 Å². The molecule has 0 saturated carbocycles. The van der Waals surface area contributed by atoms with Crippen molar-refractivity contribution in [2.24, 2.45) is 0 Å². The maximum Gasteiger partial charge on any atom is 0.346 e. The molecule has 3 aromatic rings. The van der Waals surface area contributed by atoms with Crippen molar-refractivity contribution in [3.63, 3.8) is 0 Å². The molecule has 20 N–H and O–H groups in total. The normalized spacial score (nSPS) is 10.7. The summed E-state index contributed by atoms with van der Waals surface area (Å²) in [6.07, 6.45) is 0. The second-order valence-corrected chi connectivity index (χ2v) is 9.66. The van der Waals surface area contributed by atoms with Crippen molar-refractivity contribution in [2.45, 2.75) is 13.8 Å². The van der Waals surface area contributed by atoms with Crippen LogP contribution in [0.25, 0.3) is 0 Å². The molecule has 0 bridgehead atoms. The number of carbonyl (C=O) groups excluding carboxylic acids is 2. The lowest BCUT2D eigenvalue weighted by Crippen LogP contribution is -2.23. The summed E-state index contributed by atoms with van der Waals surface area (Å²) in [5.74, 6) is -1.67. The zero-order chi connectivity index (χ0) is 31.2. The summed E-state index contributed by atoms with van der Waals surface area (Å²) in [6, 6.07) is 0. The van der Waals surface area contributed by atoms with Gasteiger partial charge in [0, 0.05) is 19.7 Å². The van der Waals surface area contributed by atoms with Gasteiger partial charge in [-0.25, -0.2) is 9.59 Å². The Morgan fingerprint density at radius 1 is 0.585 bits per heavy atom. The third-order valence-electron chi connectivity index (χ3n) is 6.78. The monoisotopic (exact) mass is 583 g/mol. The molecule has 0 radical (unpaired) electrons. The standard InChI is InChI=1S/C25H34N11O4P/c1-6-7(2)11(26)14(29)12(27)9(6)24(37)39-22-19(34)16(31)17(32)20(35)23(22)40-25(38)10-8(5-41)21(36(3)4)18(33)15(30)13(10)28/h5,41H,26-35H2,1-4H3. The number of nitrogens with zero attached hydrogens (tertiary/aromatic N) is 1. The minimum absolute atomic E-state index is 0.0116. The highest BCUT2D eigenvalue weighted by molar-refractivity contribution is 7.19. The van der Waals surface area contributed by atoms with Crippen LogP contribution in [0.3, 0.4) is 0 Å². The molecular weight excluding hydrogens is 549 g/mol. The van der Waals surface area contributed by atoms with Crippen molar-refractivity contribution < 1.29 is 19.1 Å². The van der Waals surface area contributed by atoms with Crippen molar-refractivity contribution >= 4 is 89.2 Å². The van der Waals surface area contributed by atoms with E-state index in [1.54, 1.807) is 32.8 Å². The van der Waals surface area contributed by atoms with Gasteiger partial charge < -0.3 is 71.7 Å². The molecule has 0 spiro atoms. The number of carbonyl (C=O) groups is 2. The van der Waals surface area contributed by atoms with Gasteiger partial charge >= 0.3 is 11.9 Å². The quantitative estimate of drug-likeness (QED) is 0.0834. The molecule has 0 heterocycles. The molecule has 0 amide bonds. The van der Waals surface area contributed by atoms with Gasteiger partial charge in [-0.3, -0.25) is 0 Å². The van der Waals surface area contributed by atoms with Crippen LogP contribution in [0.1, 0.15) is 37.4 Å². The fourth-order valence-electron chi connectivity index (χ4n) is 4.26. The van der Waals surface area contributed by atoms with Gasteiger partial charge in [0.25, 0.3) is 0 Å². The molecule has 15 nitrogen and oxygen atoms in total. The fraction of sp³-hybridized carbons (Fsp3) is 0.160. The van der Waals surface area contributed by atoms with Crippen LogP contribution in [-0.4, -0.2) is 31.8 Å². The highest BCUT2D eigenvalue weighted by atomic mass is 31.0. The molecule has 0 saturated heterocycles. The Kier molecular flexibility index (Phi) is 7.80. The first kappa shape index (κ1) is 30.1. The lowest BCUT2D eigenvalue weighted by atomic mass is 9.98. The van der Waals surface area contributed by atoms with Crippen LogP contribution < -0.4 is 71.7 Å². The van der Waals surface area contributed by atoms with Gasteiger partial charge in [-0.15, -0.1) is 8.86 Å². The van der Waals surface area contributed by atoms with Crippen molar-refractivity contribution in [2.75, 3.05) is 76.3 Å². The molecule has 3 aromatic carbocycles. The molecule has 16 heteroatoms. The summed E-state index contributed by atoms with van der Waals surface area (Å²) >= 11 is 0. The lowest BCUT2D eigenvalue weighted by Gasteiger charge is -2.24. The van der Waals surface area contributed by atoms with Gasteiger partial charge in [0.1, 0.15) is 11.4 Å². The fourth-order valence-corrected chi connectivity index (χ4v) is 4.55. The van der Waals surface area contributed by atoms with E-state index in [4.69, 9.17) is 66.8 Å². The van der Waals surface area contributed by atoms with Crippen molar-refractivity contribution in [3.8, 4) is 11.5 Å². The summed E-state index contributed by atoms with van der Waals surface area (Å²) in [4.78, 5) is 28.7. The molecule has 0 unspecified atom stereocenters. The number of nitrogen functional groups attached to an aromatic ring is 10. The number of benzene rings is 3. The van der Waals surface area contributed by atoms with Gasteiger partial charge in [-0.05, 0) is 30.8 Å². The van der Waals surface area contributed by atoms with E-state index < -0.39 is 23.4 Å². The number of anilines is 11. The average Bonchev–Trinajstić information content (AvgIpc) is 2.92. The molecule has 0 fully saturated rings. The second kappa shape index (κ2) is 10.6. The SMILES string of the molecule is Cc1c(C)c(C(=O)Oc2c(N)c(N)c(N)c(N)c2OC(=O)c2c(N)c(N)c(N)c(N(C)C)c2C=P)c(N)c(N)c1N. The Balaban J connectivity index is 2.24. The van der Waals surface area contributed by atoms with Gasteiger partial charge in [-0.1, -0.05) is 0 Å². The Bertz CT molecular complexity index is 1630. The molecule has 218 valence electrons. The number of nitrogens with two attached hydrogens (primary N) is 10. The lowest BCUT2D eigenvalue weighted by molar-refractivity contribution is 0.0685. The molecule has 41 heavy (non-hydrogen) atoms. The highest BCUT2D eigenvalue weighted by Gasteiger charge is 2.31. The topological polar surface area (TPSA) is 316 Å². The van der Waals surface area contributed by atoms with E-state index in [-0.39, 0.29) is 73.6 Å². The van der Waals surface area contributed by atoms with Gasteiger partial charge in [0.15, 0.2) is 0 Å². The number of hydrogen-bond acceptors (Lipinski definition) is 15. The number of ether oxygens (including phenoxy) is 2. The Morgan fingerprint density at radius 3 is 1.41 bits per heavy atom. The average molecular weight is 584 g/mol. The maximum absolute atomic E-state index is 13.6. The van der Waals surface area contributed by atoms with E-state index in [1.165, 1.54) is 5.80 Å². The van der Waals surface area contributed by atoms with E-state index >= 15 is 0 Å². The first-order valence-corrected chi connectivity index (χ1v) is 12.4. The summed E-state index contributed by atoms with van der Waals surface area (Å²) in [7, 11) is 6.66. The molecule has 0 aliphatic carbocycles. The van der Waals surface area contributed by atoms with Gasteiger partial charge in [-0.2, -0.15) is 0 Å². The number of hydrogen-bond donors (Lipinski definition) is 10. The maximum atomic E-state index is 13.6. The predicted octanol–water partition coefficient (Wildman–Crippen LogP) is 0.923. The van der Waals surface area contributed by atoms with Crippen LogP contribution in [0.5, 0.6) is 11.5 Å². The zero-order valence-corrected chi connectivity index (χ0v) is 23.9. The van der Waals surface area contributed by atoms with E-state index in [1.807, 2.05) is 0 Å². The van der Waals surface area contributed by atoms with Crippen LogP contribution in [-0.2, 0) is 0 Å². The molecule has 0 aliphatic heterocycles. The number of esters is 2. The summed E-state index contributed by atoms with van der Waals surface area (Å²) in [5.41, 5.74) is 61.0. The molecule has 3 rings (SSSR count). The Labute approximate surface area is 237 Å². The first-order valence-electron chi connectivity index (χ1n) is 11.8. The molecule has 0 aromatic heterocycles. The van der Waals surface area contributed by atoms with E-state index in [9.17, 15) is 9.59 Å². The second-order valence-electron chi connectivity index (χ2n) is 9.38. The van der Waals surface area contributed by atoms with Crippen molar-refractivity contribution in [3.05, 3.63) is 27.8 Å². The van der Waals surface area contributed by atoms with E-state index in [2.05, 4.69) is 8.86 Å². The largest absolute Gasteiger partial charge is 0.416 e. The van der Waals surface area contributed by atoms with Crippen LogP contribution in [0.4, 0.5) is 62.6 Å². The smallest absolute Gasteiger partial charge is 0.346 e. The zero-order valence-electron chi connectivity index (χ0n) is 22.9. The molecule has 0 aliphatic rings. The van der Waals surface area contributed by atoms with E-state index in [0.717, 1.165) is 0 Å². The summed E-state index contributed by atoms with van der Waals surface area (Å²) in [5, 5.41) is 0. The first-order chi connectivity index (χ1) is 19.0. The Morgan fingerprint density at radius 2 is 0.976 bits per heavy atom. The third-order valence-corrected chi connectivity index (χ3v) is 7.06. The van der Waals surface area contributed by atoms with Crippen LogP contribution in [0, 0.1) is 13.8 Å². The van der Waals surface area contributed by atoms with Crippen LogP contribution >= 0.6 is 8.86 Å². The highest BCUT2D eigenvalue weighted by Crippen LogP contribution is 2.49. The minimum atomic E-state index is -1.06. The Hall–Kier alpha value is -5.43. The van der Waals surface area contributed by atoms with E-state index in [0.29, 0.717) is 16.8 Å².